The molecule has 0 aliphatic carbocycles. The summed E-state index contributed by atoms with van der Waals surface area (Å²) in [5, 5.41) is 2.79. The van der Waals surface area contributed by atoms with Crippen LogP contribution in [0, 0.1) is 0 Å². The minimum Gasteiger partial charge on any atom is -0.497 e. The van der Waals surface area contributed by atoms with Gasteiger partial charge in [0.2, 0.25) is 0 Å². The van der Waals surface area contributed by atoms with Crippen LogP contribution in [0.15, 0.2) is 54.6 Å². The van der Waals surface area contributed by atoms with E-state index in [0.717, 1.165) is 5.75 Å². The van der Waals surface area contributed by atoms with Gasteiger partial charge in [0.15, 0.2) is 6.10 Å². The highest BCUT2D eigenvalue weighted by molar-refractivity contribution is 5.94. The molecule has 1 amide bonds. The largest absolute Gasteiger partial charge is 0.497 e. The summed E-state index contributed by atoms with van der Waals surface area (Å²) in [7, 11) is 1.60. The van der Waals surface area contributed by atoms with Crippen molar-refractivity contribution in [1.82, 2.24) is 0 Å². The Bertz CT molecular complexity index is 552. The third-order valence-electron chi connectivity index (χ3n) is 2.78. The van der Waals surface area contributed by atoms with Crippen molar-refractivity contribution in [2.75, 3.05) is 12.4 Å². The summed E-state index contributed by atoms with van der Waals surface area (Å²) in [5.74, 6) is 1.22. The maximum Gasteiger partial charge on any atom is 0.265 e. The van der Waals surface area contributed by atoms with Crippen LogP contribution in [0.25, 0.3) is 0 Å². The first kappa shape index (κ1) is 13.9. The average Bonchev–Trinajstić information content (AvgIpc) is 2.49. The van der Waals surface area contributed by atoms with Crippen LogP contribution in [0.3, 0.4) is 0 Å². The van der Waals surface area contributed by atoms with Crippen LogP contribution in [0.5, 0.6) is 11.5 Å². The molecule has 0 saturated carbocycles. The minimum atomic E-state index is -0.570. The fourth-order valence-electron chi connectivity index (χ4n) is 1.67. The van der Waals surface area contributed by atoms with E-state index in [4.69, 9.17) is 9.47 Å². The fraction of sp³-hybridized carbons (Fsp3) is 0.188. The number of hydrogen-bond acceptors (Lipinski definition) is 3. The Labute approximate surface area is 118 Å². The highest BCUT2D eigenvalue weighted by atomic mass is 16.5. The molecule has 1 N–H and O–H groups in total. The molecule has 2 aromatic rings. The van der Waals surface area contributed by atoms with Gasteiger partial charge in [-0.05, 0) is 43.3 Å². The van der Waals surface area contributed by atoms with Crippen molar-refractivity contribution in [3.05, 3.63) is 54.6 Å². The Morgan fingerprint density at radius 1 is 1.00 bits per heavy atom. The molecule has 0 bridgehead atoms. The minimum absolute atomic E-state index is 0.195. The zero-order valence-corrected chi connectivity index (χ0v) is 11.5. The second-order valence-corrected chi connectivity index (χ2v) is 4.29. The topological polar surface area (TPSA) is 47.6 Å². The molecule has 4 heteroatoms. The third kappa shape index (κ3) is 3.75. The summed E-state index contributed by atoms with van der Waals surface area (Å²) in [5.41, 5.74) is 0.708. The highest BCUT2D eigenvalue weighted by Crippen LogP contribution is 2.16. The van der Waals surface area contributed by atoms with E-state index >= 15 is 0 Å². The molecular formula is C16H17NO3. The zero-order valence-electron chi connectivity index (χ0n) is 11.5. The summed E-state index contributed by atoms with van der Waals surface area (Å²) in [4.78, 5) is 12.0. The van der Waals surface area contributed by atoms with E-state index in [2.05, 4.69) is 5.32 Å². The van der Waals surface area contributed by atoms with E-state index in [1.54, 1.807) is 38.3 Å². The molecule has 104 valence electrons. The molecule has 0 heterocycles. The van der Waals surface area contributed by atoms with Gasteiger partial charge in [0.1, 0.15) is 11.5 Å². The molecule has 0 saturated heterocycles. The maximum absolute atomic E-state index is 12.0. The Morgan fingerprint density at radius 3 is 2.25 bits per heavy atom. The molecule has 0 spiro atoms. The number of para-hydroxylation sites is 1. The van der Waals surface area contributed by atoms with Crippen molar-refractivity contribution in [3.63, 3.8) is 0 Å². The van der Waals surface area contributed by atoms with Crippen molar-refractivity contribution < 1.29 is 14.3 Å². The van der Waals surface area contributed by atoms with Crippen molar-refractivity contribution in [2.45, 2.75) is 13.0 Å². The normalized spacial score (nSPS) is 11.5. The lowest BCUT2D eigenvalue weighted by Gasteiger charge is -2.14. The number of rotatable bonds is 5. The van der Waals surface area contributed by atoms with Crippen LogP contribution in [0.2, 0.25) is 0 Å². The van der Waals surface area contributed by atoms with E-state index in [-0.39, 0.29) is 5.91 Å². The standard InChI is InChI=1S/C16H17NO3/c1-12(20-15-6-4-3-5-7-15)16(18)17-13-8-10-14(19-2)11-9-13/h3-12H,1-2H3,(H,17,18)/t12-/m1/s1. The number of methoxy groups -OCH3 is 1. The molecule has 4 nitrogen and oxygen atoms in total. The number of hydrogen-bond donors (Lipinski definition) is 1. The van der Waals surface area contributed by atoms with Crippen LogP contribution >= 0.6 is 0 Å². The van der Waals surface area contributed by atoms with Gasteiger partial charge in [-0.25, -0.2) is 0 Å². The van der Waals surface area contributed by atoms with E-state index in [1.807, 2.05) is 30.3 Å². The molecule has 2 rings (SSSR count). The Hall–Kier alpha value is -2.49. The first-order valence-corrected chi connectivity index (χ1v) is 6.35. The smallest absolute Gasteiger partial charge is 0.265 e. The zero-order chi connectivity index (χ0) is 14.4. The molecule has 0 aliphatic heterocycles. The van der Waals surface area contributed by atoms with Crippen LogP contribution in [0.1, 0.15) is 6.92 Å². The SMILES string of the molecule is COc1ccc(NC(=O)[C@@H](C)Oc2ccccc2)cc1. The van der Waals surface area contributed by atoms with E-state index in [1.165, 1.54) is 0 Å². The highest BCUT2D eigenvalue weighted by Gasteiger charge is 2.14. The van der Waals surface area contributed by atoms with E-state index < -0.39 is 6.10 Å². The van der Waals surface area contributed by atoms with Gasteiger partial charge in [-0.3, -0.25) is 4.79 Å². The van der Waals surface area contributed by atoms with Crippen molar-refractivity contribution in [3.8, 4) is 11.5 Å². The molecule has 1 atom stereocenters. The van der Waals surface area contributed by atoms with Gasteiger partial charge in [0.05, 0.1) is 7.11 Å². The quantitative estimate of drug-likeness (QED) is 0.909. The summed E-state index contributed by atoms with van der Waals surface area (Å²) in [6, 6.07) is 16.4. The molecule has 0 unspecified atom stereocenters. The van der Waals surface area contributed by atoms with Crippen LogP contribution in [-0.2, 0) is 4.79 Å². The van der Waals surface area contributed by atoms with Gasteiger partial charge in [-0.15, -0.1) is 0 Å². The Balaban J connectivity index is 1.93. The number of ether oxygens (including phenoxy) is 2. The predicted molar refractivity (Wildman–Crippen MR) is 78.2 cm³/mol. The number of nitrogens with one attached hydrogen (secondary N) is 1. The van der Waals surface area contributed by atoms with E-state index in [0.29, 0.717) is 11.4 Å². The van der Waals surface area contributed by atoms with Crippen molar-refractivity contribution in [1.29, 1.82) is 0 Å². The Kier molecular flexibility index (Phi) is 4.60. The summed E-state index contributed by atoms with van der Waals surface area (Å²) >= 11 is 0. The van der Waals surface area contributed by atoms with E-state index in [9.17, 15) is 4.79 Å². The van der Waals surface area contributed by atoms with Crippen LogP contribution < -0.4 is 14.8 Å². The predicted octanol–water partition coefficient (Wildman–Crippen LogP) is 3.10. The number of benzene rings is 2. The maximum atomic E-state index is 12.0. The summed E-state index contributed by atoms with van der Waals surface area (Å²) in [6.45, 7) is 1.71. The molecule has 0 aromatic heterocycles. The lowest BCUT2D eigenvalue weighted by molar-refractivity contribution is -0.122. The van der Waals surface area contributed by atoms with Crippen molar-refractivity contribution in [2.24, 2.45) is 0 Å². The number of carbonyl (C=O) groups is 1. The van der Waals surface area contributed by atoms with Gasteiger partial charge in [-0.1, -0.05) is 18.2 Å². The molecule has 0 fully saturated rings. The first-order chi connectivity index (χ1) is 9.69. The average molecular weight is 271 g/mol. The third-order valence-corrected chi connectivity index (χ3v) is 2.78. The second kappa shape index (κ2) is 6.61. The van der Waals surface area contributed by atoms with Crippen molar-refractivity contribution >= 4 is 11.6 Å². The fourth-order valence-corrected chi connectivity index (χ4v) is 1.67. The lowest BCUT2D eigenvalue weighted by Crippen LogP contribution is -2.30. The first-order valence-electron chi connectivity index (χ1n) is 6.35. The van der Waals surface area contributed by atoms with Gasteiger partial charge in [0.25, 0.3) is 5.91 Å². The number of carbonyl (C=O) groups excluding carboxylic acids is 1. The van der Waals surface area contributed by atoms with Crippen LogP contribution in [0.4, 0.5) is 5.69 Å². The second-order valence-electron chi connectivity index (χ2n) is 4.29. The Morgan fingerprint density at radius 2 is 1.65 bits per heavy atom. The molecule has 2 aromatic carbocycles. The number of anilines is 1. The number of amides is 1. The lowest BCUT2D eigenvalue weighted by atomic mass is 10.2. The van der Waals surface area contributed by atoms with Crippen LogP contribution in [-0.4, -0.2) is 19.1 Å². The van der Waals surface area contributed by atoms with Gasteiger partial charge >= 0.3 is 0 Å². The van der Waals surface area contributed by atoms with Gasteiger partial charge < -0.3 is 14.8 Å². The summed E-state index contributed by atoms with van der Waals surface area (Å²) < 4.78 is 10.6. The summed E-state index contributed by atoms with van der Waals surface area (Å²) in [6.07, 6.45) is -0.570. The monoisotopic (exact) mass is 271 g/mol. The van der Waals surface area contributed by atoms with Gasteiger partial charge in [-0.2, -0.15) is 0 Å². The molecule has 0 aliphatic rings. The molecular weight excluding hydrogens is 254 g/mol. The molecule has 0 radical (unpaired) electrons. The molecule has 20 heavy (non-hydrogen) atoms. The van der Waals surface area contributed by atoms with Gasteiger partial charge in [0, 0.05) is 5.69 Å².